The molecule has 1 aliphatic heterocycles. The monoisotopic (exact) mass is 312 g/mol. The molecule has 1 aromatic carbocycles. The highest BCUT2D eigenvalue weighted by Gasteiger charge is 2.16. The minimum absolute atomic E-state index is 0.297. The highest BCUT2D eigenvalue weighted by molar-refractivity contribution is 9.10. The molecule has 17 heavy (non-hydrogen) atoms. The Morgan fingerprint density at radius 3 is 2.94 bits per heavy atom. The molecule has 0 unspecified atom stereocenters. The number of anilines is 1. The predicted octanol–water partition coefficient (Wildman–Crippen LogP) is 3.25. The molecule has 2 aromatic rings. The van der Waals surface area contributed by atoms with E-state index < -0.39 is 0 Å². The second-order valence-corrected chi connectivity index (χ2v) is 5.24. The van der Waals surface area contributed by atoms with Crippen LogP contribution < -0.4 is 14.8 Å². The standard InChI is InChI=1S/C11H9BrN2O2S/c12-8-4-10-9(15-6-16-10)3-7(8)5-14-11-13-1-2-17-11/h1-4H,5-6H2,(H,13,14). The lowest BCUT2D eigenvalue weighted by Crippen LogP contribution is -1.99. The van der Waals surface area contributed by atoms with Crippen molar-refractivity contribution < 1.29 is 9.47 Å². The molecule has 0 spiro atoms. The average Bonchev–Trinajstić information content (AvgIpc) is 2.95. The third kappa shape index (κ3) is 2.23. The number of nitrogens with one attached hydrogen (secondary N) is 1. The lowest BCUT2D eigenvalue weighted by molar-refractivity contribution is 0.174. The Labute approximate surface area is 111 Å². The van der Waals surface area contributed by atoms with Crippen LogP contribution in [0.3, 0.4) is 0 Å². The van der Waals surface area contributed by atoms with E-state index in [0.29, 0.717) is 13.3 Å². The van der Waals surface area contributed by atoms with Gasteiger partial charge in [0.05, 0.1) is 0 Å². The largest absolute Gasteiger partial charge is 0.454 e. The number of thiazole rings is 1. The van der Waals surface area contributed by atoms with E-state index >= 15 is 0 Å². The second kappa shape index (κ2) is 4.54. The Morgan fingerprint density at radius 2 is 2.18 bits per heavy atom. The quantitative estimate of drug-likeness (QED) is 0.945. The minimum Gasteiger partial charge on any atom is -0.454 e. The van der Waals surface area contributed by atoms with Gasteiger partial charge in [0.1, 0.15) is 0 Å². The normalized spacial score (nSPS) is 12.8. The van der Waals surface area contributed by atoms with E-state index in [1.807, 2.05) is 17.5 Å². The molecule has 0 atom stereocenters. The van der Waals surface area contributed by atoms with Crippen LogP contribution in [0.4, 0.5) is 5.13 Å². The van der Waals surface area contributed by atoms with E-state index in [4.69, 9.17) is 9.47 Å². The Hall–Kier alpha value is -1.27. The van der Waals surface area contributed by atoms with Crippen LogP contribution in [0.15, 0.2) is 28.2 Å². The Bertz CT molecular complexity index is 531. The summed E-state index contributed by atoms with van der Waals surface area (Å²) in [5.74, 6) is 1.58. The van der Waals surface area contributed by atoms with Crippen molar-refractivity contribution in [3.05, 3.63) is 33.7 Å². The summed E-state index contributed by atoms with van der Waals surface area (Å²) >= 11 is 5.10. The summed E-state index contributed by atoms with van der Waals surface area (Å²) in [5, 5.41) is 6.11. The first kappa shape index (κ1) is 10.9. The summed E-state index contributed by atoms with van der Waals surface area (Å²) in [4.78, 5) is 4.17. The van der Waals surface area contributed by atoms with Gasteiger partial charge in [0.15, 0.2) is 16.6 Å². The molecule has 0 bridgehead atoms. The maximum Gasteiger partial charge on any atom is 0.231 e. The molecular formula is C11H9BrN2O2S. The van der Waals surface area contributed by atoms with Crippen molar-refractivity contribution in [2.24, 2.45) is 0 Å². The predicted molar refractivity (Wildman–Crippen MR) is 69.7 cm³/mol. The van der Waals surface area contributed by atoms with E-state index in [0.717, 1.165) is 26.7 Å². The van der Waals surface area contributed by atoms with Crippen LogP contribution in [0.25, 0.3) is 0 Å². The fourth-order valence-corrected chi connectivity index (χ4v) is 2.57. The van der Waals surface area contributed by atoms with Crippen LogP contribution in [-0.2, 0) is 6.54 Å². The first-order valence-corrected chi connectivity index (χ1v) is 6.71. The summed E-state index contributed by atoms with van der Waals surface area (Å²) in [6, 6.07) is 3.91. The number of hydrogen-bond donors (Lipinski definition) is 1. The van der Waals surface area contributed by atoms with Gasteiger partial charge in [-0.3, -0.25) is 0 Å². The van der Waals surface area contributed by atoms with E-state index in [1.165, 1.54) is 0 Å². The molecule has 0 amide bonds. The van der Waals surface area contributed by atoms with Crippen molar-refractivity contribution in [1.82, 2.24) is 4.98 Å². The number of aromatic nitrogens is 1. The summed E-state index contributed by atoms with van der Waals surface area (Å²) in [5.41, 5.74) is 1.12. The van der Waals surface area contributed by atoms with Gasteiger partial charge in [0.2, 0.25) is 6.79 Å². The summed E-state index contributed by atoms with van der Waals surface area (Å²) < 4.78 is 11.7. The molecular weight excluding hydrogens is 304 g/mol. The fourth-order valence-electron chi connectivity index (χ4n) is 1.58. The van der Waals surface area contributed by atoms with Gasteiger partial charge in [-0.15, -0.1) is 11.3 Å². The molecule has 3 rings (SSSR count). The topological polar surface area (TPSA) is 43.4 Å². The van der Waals surface area contributed by atoms with Gasteiger partial charge in [-0.05, 0) is 17.7 Å². The number of hydrogen-bond acceptors (Lipinski definition) is 5. The number of benzene rings is 1. The molecule has 0 saturated heterocycles. The van der Waals surface area contributed by atoms with Crippen molar-refractivity contribution in [3.8, 4) is 11.5 Å². The van der Waals surface area contributed by atoms with Gasteiger partial charge in [0.25, 0.3) is 0 Å². The van der Waals surface area contributed by atoms with Crippen molar-refractivity contribution in [2.45, 2.75) is 6.54 Å². The zero-order valence-electron chi connectivity index (χ0n) is 8.77. The molecule has 1 N–H and O–H groups in total. The third-order valence-electron chi connectivity index (χ3n) is 2.40. The van der Waals surface area contributed by atoms with Gasteiger partial charge in [-0.1, -0.05) is 15.9 Å². The molecule has 6 heteroatoms. The van der Waals surface area contributed by atoms with E-state index in [1.54, 1.807) is 17.5 Å². The lowest BCUT2D eigenvalue weighted by atomic mass is 10.2. The smallest absolute Gasteiger partial charge is 0.231 e. The molecule has 0 fully saturated rings. The molecule has 2 heterocycles. The average molecular weight is 313 g/mol. The van der Waals surface area contributed by atoms with Crippen LogP contribution in [0.2, 0.25) is 0 Å². The Kier molecular flexibility index (Phi) is 2.90. The summed E-state index contributed by atoms with van der Waals surface area (Å²) in [7, 11) is 0. The van der Waals surface area contributed by atoms with Crippen molar-refractivity contribution in [2.75, 3.05) is 12.1 Å². The van der Waals surface area contributed by atoms with Gasteiger partial charge in [-0.25, -0.2) is 4.98 Å². The molecule has 4 nitrogen and oxygen atoms in total. The van der Waals surface area contributed by atoms with E-state index in [9.17, 15) is 0 Å². The van der Waals surface area contributed by atoms with E-state index in [-0.39, 0.29) is 0 Å². The Morgan fingerprint density at radius 1 is 1.35 bits per heavy atom. The number of fused-ring (bicyclic) bond motifs is 1. The minimum atomic E-state index is 0.297. The molecule has 1 aliphatic rings. The zero-order valence-corrected chi connectivity index (χ0v) is 11.2. The van der Waals surface area contributed by atoms with Gasteiger partial charge in [0, 0.05) is 22.6 Å². The number of ether oxygens (including phenoxy) is 2. The molecule has 0 aliphatic carbocycles. The molecule has 0 radical (unpaired) electrons. The first-order chi connectivity index (χ1) is 8.33. The summed E-state index contributed by atoms with van der Waals surface area (Å²) in [6.07, 6.45) is 1.78. The summed E-state index contributed by atoms with van der Waals surface area (Å²) in [6.45, 7) is 0.996. The maximum atomic E-state index is 5.35. The van der Waals surface area contributed by atoms with Gasteiger partial charge >= 0.3 is 0 Å². The van der Waals surface area contributed by atoms with Crippen LogP contribution in [-0.4, -0.2) is 11.8 Å². The van der Waals surface area contributed by atoms with Crippen molar-refractivity contribution in [1.29, 1.82) is 0 Å². The highest BCUT2D eigenvalue weighted by Crippen LogP contribution is 2.37. The first-order valence-electron chi connectivity index (χ1n) is 5.04. The van der Waals surface area contributed by atoms with Gasteiger partial charge < -0.3 is 14.8 Å². The van der Waals surface area contributed by atoms with Crippen molar-refractivity contribution >= 4 is 32.4 Å². The number of nitrogens with zero attached hydrogens (tertiary/aromatic N) is 1. The van der Waals surface area contributed by atoms with Crippen LogP contribution >= 0.6 is 27.3 Å². The SMILES string of the molecule is Brc1cc2c(cc1CNc1nccs1)OCO2. The van der Waals surface area contributed by atoms with E-state index in [2.05, 4.69) is 26.2 Å². The second-order valence-electron chi connectivity index (χ2n) is 3.49. The number of halogens is 1. The lowest BCUT2D eigenvalue weighted by Gasteiger charge is -2.07. The molecule has 0 saturated carbocycles. The maximum absolute atomic E-state index is 5.35. The highest BCUT2D eigenvalue weighted by atomic mass is 79.9. The molecule has 88 valence electrons. The number of rotatable bonds is 3. The Balaban J connectivity index is 1.79. The van der Waals surface area contributed by atoms with Crippen molar-refractivity contribution in [3.63, 3.8) is 0 Å². The van der Waals surface area contributed by atoms with Crippen LogP contribution in [0.1, 0.15) is 5.56 Å². The van der Waals surface area contributed by atoms with Crippen LogP contribution in [0.5, 0.6) is 11.5 Å². The van der Waals surface area contributed by atoms with Crippen LogP contribution in [0, 0.1) is 0 Å². The fraction of sp³-hybridized carbons (Fsp3) is 0.182. The zero-order chi connectivity index (χ0) is 11.7. The molecule has 1 aromatic heterocycles. The third-order valence-corrected chi connectivity index (χ3v) is 3.87. The van der Waals surface area contributed by atoms with Gasteiger partial charge in [-0.2, -0.15) is 0 Å².